The monoisotopic (exact) mass is 506 g/mol. The molecule has 3 aromatic rings. The zero-order valence-electron chi connectivity index (χ0n) is 19.4. The molecule has 0 spiro atoms. The highest BCUT2D eigenvalue weighted by atomic mass is 32.2. The Labute approximate surface area is 205 Å². The van der Waals surface area contributed by atoms with E-state index in [0.29, 0.717) is 41.8 Å². The van der Waals surface area contributed by atoms with Crippen molar-refractivity contribution in [2.24, 2.45) is 0 Å². The largest absolute Gasteiger partial charge is 0.394 e. The van der Waals surface area contributed by atoms with Gasteiger partial charge in [0.1, 0.15) is 0 Å². The molecule has 2 aromatic heterocycles. The Hall–Kier alpha value is -2.41. The van der Waals surface area contributed by atoms with Gasteiger partial charge in [-0.15, -0.1) is 5.10 Å². The van der Waals surface area contributed by atoms with E-state index in [9.17, 15) is 8.78 Å². The lowest BCUT2D eigenvalue weighted by molar-refractivity contribution is 0.00554. The number of fused-ring (bicyclic) bond motifs is 1. The zero-order valence-corrected chi connectivity index (χ0v) is 20.2. The number of rotatable bonds is 11. The number of hydrogen-bond acceptors (Lipinski definition) is 9. The maximum absolute atomic E-state index is 13.7. The minimum atomic E-state index is -0.844. The molecule has 1 aliphatic carbocycles. The number of aliphatic hydroxyl groups excluding tert-OH is 1. The molecule has 35 heavy (non-hydrogen) atoms. The van der Waals surface area contributed by atoms with E-state index in [0.717, 1.165) is 24.2 Å². The fourth-order valence-electron chi connectivity index (χ4n) is 4.31. The molecule has 1 saturated carbocycles. The summed E-state index contributed by atoms with van der Waals surface area (Å²) in [6, 6.07) is 4.05. The maximum atomic E-state index is 13.7. The highest BCUT2D eigenvalue weighted by Gasteiger charge is 2.40. The number of hydrogen-bond donors (Lipinski definition) is 2. The number of aliphatic hydroxyl groups is 1. The van der Waals surface area contributed by atoms with Crippen molar-refractivity contribution in [2.75, 3.05) is 37.5 Å². The molecule has 188 valence electrons. The third kappa shape index (κ3) is 5.40. The van der Waals surface area contributed by atoms with Gasteiger partial charge in [-0.05, 0) is 30.5 Å². The Morgan fingerprint density at radius 2 is 2.14 bits per heavy atom. The van der Waals surface area contributed by atoms with Crippen LogP contribution in [0, 0.1) is 11.6 Å². The highest BCUT2D eigenvalue weighted by Crippen LogP contribution is 2.43. The number of aromatic nitrogens is 5. The summed E-state index contributed by atoms with van der Waals surface area (Å²) < 4.78 is 40.1. The first-order chi connectivity index (χ1) is 17.1. The molecule has 1 aliphatic heterocycles. The lowest BCUT2D eigenvalue weighted by Crippen LogP contribution is -2.16. The van der Waals surface area contributed by atoms with Crippen molar-refractivity contribution in [3.8, 4) is 0 Å². The Bertz CT molecular complexity index is 1180. The van der Waals surface area contributed by atoms with Gasteiger partial charge in [0, 0.05) is 24.1 Å². The maximum Gasteiger partial charge on any atom is 0.191 e. The molecule has 0 bridgehead atoms. The SMILES string of the molecule is CCCSc1nc(N[C@@H]2C[C@H]2c2ccc(F)c(F)c2)c2nnn([C@H]3CO[C@@H](COCCO)C3)c2n1. The number of nitrogens with one attached hydrogen (secondary N) is 1. The van der Waals surface area contributed by atoms with Crippen LogP contribution in [-0.4, -0.2) is 74.4 Å². The molecule has 1 aromatic carbocycles. The summed E-state index contributed by atoms with van der Waals surface area (Å²) in [6.07, 6.45) is 2.39. The highest BCUT2D eigenvalue weighted by molar-refractivity contribution is 7.99. The van der Waals surface area contributed by atoms with Crippen LogP contribution in [0.2, 0.25) is 0 Å². The van der Waals surface area contributed by atoms with Crippen LogP contribution < -0.4 is 5.32 Å². The van der Waals surface area contributed by atoms with E-state index in [1.54, 1.807) is 22.5 Å². The van der Waals surface area contributed by atoms with Gasteiger partial charge in [-0.3, -0.25) is 0 Å². The number of ether oxygens (including phenoxy) is 2. The van der Waals surface area contributed by atoms with E-state index < -0.39 is 11.6 Å². The summed E-state index contributed by atoms with van der Waals surface area (Å²) >= 11 is 1.57. The van der Waals surface area contributed by atoms with Crippen LogP contribution in [-0.2, 0) is 9.47 Å². The molecule has 0 amide bonds. The Balaban J connectivity index is 1.36. The topological polar surface area (TPSA) is 107 Å². The summed E-state index contributed by atoms with van der Waals surface area (Å²) in [7, 11) is 0. The molecule has 4 atom stereocenters. The van der Waals surface area contributed by atoms with Gasteiger partial charge in [-0.1, -0.05) is 30.0 Å². The first-order valence-electron chi connectivity index (χ1n) is 11.8. The van der Waals surface area contributed by atoms with Gasteiger partial charge in [-0.2, -0.15) is 0 Å². The number of thioether (sulfide) groups is 1. The first kappa shape index (κ1) is 24.3. The predicted molar refractivity (Wildman–Crippen MR) is 127 cm³/mol. The van der Waals surface area contributed by atoms with Crippen molar-refractivity contribution in [1.29, 1.82) is 0 Å². The summed E-state index contributed by atoms with van der Waals surface area (Å²) in [5.41, 5.74) is 1.96. The summed E-state index contributed by atoms with van der Waals surface area (Å²) in [5.74, 6) is -0.137. The summed E-state index contributed by atoms with van der Waals surface area (Å²) in [5, 5.41) is 21.7. The quantitative estimate of drug-likeness (QED) is 0.230. The van der Waals surface area contributed by atoms with Crippen LogP contribution in [0.1, 0.15) is 43.7 Å². The fourth-order valence-corrected chi connectivity index (χ4v) is 5.00. The molecule has 0 radical (unpaired) electrons. The minimum Gasteiger partial charge on any atom is -0.394 e. The number of nitrogens with zero attached hydrogens (tertiary/aromatic N) is 5. The Morgan fingerprint density at radius 3 is 2.94 bits per heavy atom. The third-order valence-electron chi connectivity index (χ3n) is 6.17. The van der Waals surface area contributed by atoms with Crippen molar-refractivity contribution in [3.63, 3.8) is 0 Å². The molecule has 3 heterocycles. The van der Waals surface area contributed by atoms with E-state index in [-0.39, 0.29) is 37.3 Å². The predicted octanol–water partition coefficient (Wildman–Crippen LogP) is 3.31. The molecule has 12 heteroatoms. The molecular formula is C23H28F2N6O3S. The molecular weight excluding hydrogens is 478 g/mol. The van der Waals surface area contributed by atoms with Crippen LogP contribution in [0.15, 0.2) is 23.4 Å². The van der Waals surface area contributed by atoms with Gasteiger partial charge in [-0.25, -0.2) is 23.4 Å². The Morgan fingerprint density at radius 1 is 1.26 bits per heavy atom. The normalized spacial score (nSPS) is 23.8. The van der Waals surface area contributed by atoms with Crippen molar-refractivity contribution >= 4 is 28.7 Å². The lowest BCUT2D eigenvalue weighted by atomic mass is 10.1. The average Bonchev–Trinajstić information content (AvgIpc) is 3.24. The molecule has 2 fully saturated rings. The fraction of sp³-hybridized carbons (Fsp3) is 0.565. The van der Waals surface area contributed by atoms with Crippen LogP contribution >= 0.6 is 11.8 Å². The smallest absolute Gasteiger partial charge is 0.191 e. The van der Waals surface area contributed by atoms with E-state index >= 15 is 0 Å². The molecule has 2 N–H and O–H groups in total. The number of anilines is 1. The van der Waals surface area contributed by atoms with Gasteiger partial charge in [0.15, 0.2) is 33.8 Å². The van der Waals surface area contributed by atoms with Gasteiger partial charge in [0.2, 0.25) is 0 Å². The van der Waals surface area contributed by atoms with Crippen LogP contribution in [0.3, 0.4) is 0 Å². The lowest BCUT2D eigenvalue weighted by Gasteiger charge is -2.11. The number of halogens is 2. The van der Waals surface area contributed by atoms with E-state index in [2.05, 4.69) is 22.6 Å². The van der Waals surface area contributed by atoms with Crippen molar-refractivity contribution in [3.05, 3.63) is 35.4 Å². The third-order valence-corrected chi connectivity index (χ3v) is 7.22. The van der Waals surface area contributed by atoms with Crippen molar-refractivity contribution in [1.82, 2.24) is 25.0 Å². The molecule has 0 unspecified atom stereocenters. The average molecular weight is 507 g/mol. The summed E-state index contributed by atoms with van der Waals surface area (Å²) in [4.78, 5) is 9.44. The molecule has 5 rings (SSSR count). The van der Waals surface area contributed by atoms with E-state index in [4.69, 9.17) is 24.5 Å². The number of benzene rings is 1. The molecule has 9 nitrogen and oxygen atoms in total. The van der Waals surface area contributed by atoms with Crippen LogP contribution in [0.25, 0.3) is 11.2 Å². The second-order valence-corrected chi connectivity index (χ2v) is 9.88. The summed E-state index contributed by atoms with van der Waals surface area (Å²) in [6.45, 7) is 3.24. The minimum absolute atomic E-state index is 0.0211. The molecule has 2 aliphatic rings. The van der Waals surface area contributed by atoms with Gasteiger partial charge < -0.3 is 19.9 Å². The van der Waals surface area contributed by atoms with E-state index in [1.165, 1.54) is 12.1 Å². The van der Waals surface area contributed by atoms with Gasteiger partial charge in [0.05, 0.1) is 38.6 Å². The second-order valence-electron chi connectivity index (χ2n) is 8.82. The van der Waals surface area contributed by atoms with Crippen molar-refractivity contribution in [2.45, 2.75) is 55.4 Å². The van der Waals surface area contributed by atoms with Gasteiger partial charge in [0.25, 0.3) is 0 Å². The van der Waals surface area contributed by atoms with Crippen molar-refractivity contribution < 1.29 is 23.4 Å². The van der Waals surface area contributed by atoms with Crippen LogP contribution in [0.4, 0.5) is 14.6 Å². The zero-order chi connectivity index (χ0) is 24.4. The van der Waals surface area contributed by atoms with E-state index in [1.807, 2.05) is 0 Å². The van der Waals surface area contributed by atoms with Crippen LogP contribution in [0.5, 0.6) is 0 Å². The van der Waals surface area contributed by atoms with Gasteiger partial charge >= 0.3 is 0 Å². The Kier molecular flexibility index (Phi) is 7.42. The standard InChI is InChI=1S/C23H28F2N6O3S/c1-2-7-35-23-27-21(26-19-10-16(19)13-3-4-17(24)18(25)8-13)20-22(28-23)31(30-29-20)14-9-15(34-11-14)12-33-6-5-32/h3-4,8,14-16,19,32H,2,5-7,9-12H2,1H3,(H,26,27,28)/t14-,15-,16+,19-/m1/s1. The second kappa shape index (κ2) is 10.7. The first-order valence-corrected chi connectivity index (χ1v) is 12.8. The molecule has 1 saturated heterocycles.